The fraction of sp³-hybridized carbons (Fsp3) is 0.562. The average Bonchev–Trinajstić information content (AvgIpc) is 3.12. The van der Waals surface area contributed by atoms with Crippen LogP contribution >= 0.6 is 0 Å². The number of rotatable bonds is 3. The summed E-state index contributed by atoms with van der Waals surface area (Å²) in [7, 11) is 0. The summed E-state index contributed by atoms with van der Waals surface area (Å²) in [5, 5.41) is 3.13. The maximum atomic E-state index is 12.3. The summed E-state index contributed by atoms with van der Waals surface area (Å²) in [5.74, 6) is 0.147. The topological polar surface area (TPSA) is 70.5 Å². The highest BCUT2D eigenvalue weighted by Crippen LogP contribution is 2.32. The van der Waals surface area contributed by atoms with E-state index in [9.17, 15) is 9.59 Å². The zero-order valence-corrected chi connectivity index (χ0v) is 13.3. The number of carbonyl (C=O) groups is 1. The molecule has 6 heteroatoms. The molecule has 22 heavy (non-hydrogen) atoms. The first-order valence-corrected chi connectivity index (χ1v) is 7.93. The number of nitrogens with zero attached hydrogens (tertiary/aromatic N) is 3. The molecule has 6 nitrogen and oxygen atoms in total. The van der Waals surface area contributed by atoms with Crippen LogP contribution in [0.15, 0.2) is 16.9 Å². The van der Waals surface area contributed by atoms with Crippen LogP contribution in [0.1, 0.15) is 51.0 Å². The van der Waals surface area contributed by atoms with Gasteiger partial charge in [0.2, 0.25) is 5.91 Å². The summed E-state index contributed by atoms with van der Waals surface area (Å²) in [6, 6.07) is 3.47. The van der Waals surface area contributed by atoms with Crippen LogP contribution in [0.5, 0.6) is 0 Å². The van der Waals surface area contributed by atoms with Gasteiger partial charge in [0.15, 0.2) is 5.65 Å². The van der Waals surface area contributed by atoms with Crippen molar-refractivity contribution < 1.29 is 4.79 Å². The van der Waals surface area contributed by atoms with Crippen LogP contribution in [0.3, 0.4) is 0 Å². The number of aromatic amines is 1. The number of nitrogens with one attached hydrogen (secondary N) is 1. The number of hydrogen-bond donors (Lipinski definition) is 1. The molecule has 1 fully saturated rings. The third kappa shape index (κ3) is 2.42. The normalized spacial score (nSPS) is 18.5. The summed E-state index contributed by atoms with van der Waals surface area (Å²) >= 11 is 0. The number of hydrogen-bond acceptors (Lipinski definition) is 3. The standard InChI is InChI=1S/C16H22N4O2/c1-4-11-8-15(21)20-14(17-11)9-12(18-20)13-6-5-7-19(13)16(22)10(2)3/h8-10,13,18H,4-7H2,1-3H3. The molecule has 3 rings (SSSR count). The van der Waals surface area contributed by atoms with Crippen LogP contribution in [-0.2, 0) is 11.2 Å². The van der Waals surface area contributed by atoms with Gasteiger partial charge in [-0.05, 0) is 19.3 Å². The van der Waals surface area contributed by atoms with Gasteiger partial charge >= 0.3 is 0 Å². The number of aryl methyl sites for hydroxylation is 1. The van der Waals surface area contributed by atoms with E-state index in [1.807, 2.05) is 31.7 Å². The van der Waals surface area contributed by atoms with E-state index in [0.29, 0.717) is 5.65 Å². The largest absolute Gasteiger partial charge is 0.334 e. The molecule has 1 saturated heterocycles. The SMILES string of the molecule is CCc1cc(=O)n2[nH]c(C3CCCN3C(=O)C(C)C)cc2n1. The Balaban J connectivity index is 2.01. The highest BCUT2D eigenvalue weighted by atomic mass is 16.2. The van der Waals surface area contributed by atoms with Gasteiger partial charge in [0.1, 0.15) is 0 Å². The third-order valence-corrected chi connectivity index (χ3v) is 4.27. The van der Waals surface area contributed by atoms with Crippen LogP contribution in [0.25, 0.3) is 5.65 Å². The minimum absolute atomic E-state index is 0.0149. The lowest BCUT2D eigenvalue weighted by Gasteiger charge is -2.25. The molecule has 2 aromatic rings. The molecule has 1 unspecified atom stereocenters. The Morgan fingerprint density at radius 1 is 1.45 bits per heavy atom. The number of fused-ring (bicyclic) bond motifs is 1. The zero-order valence-electron chi connectivity index (χ0n) is 13.3. The number of carbonyl (C=O) groups excluding carboxylic acids is 1. The van der Waals surface area contributed by atoms with Crippen LogP contribution in [0.4, 0.5) is 0 Å². The first kappa shape index (κ1) is 14.8. The van der Waals surface area contributed by atoms with E-state index in [-0.39, 0.29) is 23.4 Å². The van der Waals surface area contributed by atoms with Crippen molar-refractivity contribution in [1.29, 1.82) is 0 Å². The van der Waals surface area contributed by atoms with Crippen molar-refractivity contribution in [2.45, 2.75) is 46.1 Å². The Morgan fingerprint density at radius 3 is 2.91 bits per heavy atom. The number of aromatic nitrogens is 3. The van der Waals surface area contributed by atoms with Crippen molar-refractivity contribution in [1.82, 2.24) is 19.5 Å². The van der Waals surface area contributed by atoms with Crippen LogP contribution in [0.2, 0.25) is 0 Å². The maximum Gasteiger partial charge on any atom is 0.272 e. The van der Waals surface area contributed by atoms with Crippen LogP contribution in [-0.4, -0.2) is 31.9 Å². The Labute approximate surface area is 129 Å². The molecule has 1 atom stereocenters. The first-order valence-electron chi connectivity index (χ1n) is 7.93. The van der Waals surface area contributed by atoms with Crippen molar-refractivity contribution in [3.63, 3.8) is 0 Å². The monoisotopic (exact) mass is 302 g/mol. The van der Waals surface area contributed by atoms with Crippen molar-refractivity contribution in [3.8, 4) is 0 Å². The second-order valence-corrected chi connectivity index (χ2v) is 6.19. The molecule has 1 aliphatic heterocycles. The van der Waals surface area contributed by atoms with Crippen molar-refractivity contribution in [2.75, 3.05) is 6.54 Å². The number of likely N-dealkylation sites (tertiary alicyclic amines) is 1. The van der Waals surface area contributed by atoms with Crippen molar-refractivity contribution in [2.24, 2.45) is 5.92 Å². The highest BCUT2D eigenvalue weighted by molar-refractivity contribution is 5.78. The van der Waals surface area contributed by atoms with Gasteiger partial charge < -0.3 is 4.90 Å². The first-order chi connectivity index (χ1) is 10.5. The summed E-state index contributed by atoms with van der Waals surface area (Å²) < 4.78 is 1.46. The molecule has 0 bridgehead atoms. The molecule has 0 aliphatic carbocycles. The van der Waals surface area contributed by atoms with Gasteiger partial charge in [0, 0.05) is 30.3 Å². The van der Waals surface area contributed by atoms with Crippen LogP contribution < -0.4 is 5.56 Å². The van der Waals surface area contributed by atoms with Gasteiger partial charge in [0.05, 0.1) is 11.7 Å². The molecule has 0 radical (unpaired) electrons. The van der Waals surface area contributed by atoms with E-state index < -0.39 is 0 Å². The van der Waals surface area contributed by atoms with Gasteiger partial charge in [-0.15, -0.1) is 0 Å². The summed E-state index contributed by atoms with van der Waals surface area (Å²) in [6.07, 6.45) is 2.63. The van der Waals surface area contributed by atoms with Crippen LogP contribution in [0, 0.1) is 5.92 Å². The summed E-state index contributed by atoms with van der Waals surface area (Å²) in [5.41, 5.74) is 2.21. The summed E-state index contributed by atoms with van der Waals surface area (Å²) in [6.45, 7) is 6.59. The predicted molar refractivity (Wildman–Crippen MR) is 83.7 cm³/mol. The van der Waals surface area contributed by atoms with Gasteiger partial charge in [-0.3, -0.25) is 14.7 Å². The van der Waals surface area contributed by atoms with Gasteiger partial charge in [-0.2, -0.15) is 0 Å². The van der Waals surface area contributed by atoms with E-state index in [0.717, 1.165) is 37.2 Å². The van der Waals surface area contributed by atoms with Crippen molar-refractivity contribution in [3.05, 3.63) is 33.9 Å². The zero-order chi connectivity index (χ0) is 15.9. The van der Waals surface area contributed by atoms with Crippen molar-refractivity contribution >= 4 is 11.6 Å². The van der Waals surface area contributed by atoms with E-state index in [1.54, 1.807) is 6.07 Å². The Morgan fingerprint density at radius 2 is 2.23 bits per heavy atom. The number of amides is 1. The molecule has 0 spiro atoms. The Hall–Kier alpha value is -2.11. The minimum Gasteiger partial charge on any atom is -0.334 e. The lowest BCUT2D eigenvalue weighted by molar-refractivity contribution is -0.135. The molecular formula is C16H22N4O2. The van der Waals surface area contributed by atoms with Gasteiger partial charge in [-0.25, -0.2) is 9.50 Å². The van der Waals surface area contributed by atoms with Gasteiger partial charge in [0.25, 0.3) is 5.56 Å². The quantitative estimate of drug-likeness (QED) is 0.941. The molecule has 3 heterocycles. The average molecular weight is 302 g/mol. The summed E-state index contributed by atoms with van der Waals surface area (Å²) in [4.78, 5) is 30.9. The lowest BCUT2D eigenvalue weighted by atomic mass is 10.1. The molecule has 118 valence electrons. The van der Waals surface area contributed by atoms with E-state index in [4.69, 9.17) is 0 Å². The van der Waals surface area contributed by atoms with Gasteiger partial charge in [-0.1, -0.05) is 20.8 Å². The molecule has 2 aromatic heterocycles. The molecule has 1 amide bonds. The number of H-pyrrole nitrogens is 1. The fourth-order valence-corrected chi connectivity index (χ4v) is 3.10. The third-order valence-electron chi connectivity index (χ3n) is 4.27. The van der Waals surface area contributed by atoms with E-state index >= 15 is 0 Å². The molecular weight excluding hydrogens is 280 g/mol. The Kier molecular flexibility index (Phi) is 3.76. The minimum atomic E-state index is -0.104. The Bertz CT molecular complexity index is 759. The van der Waals surface area contributed by atoms with E-state index in [2.05, 4.69) is 10.1 Å². The maximum absolute atomic E-state index is 12.3. The molecule has 1 aliphatic rings. The van der Waals surface area contributed by atoms with E-state index in [1.165, 1.54) is 4.52 Å². The second-order valence-electron chi connectivity index (χ2n) is 6.19. The highest BCUT2D eigenvalue weighted by Gasteiger charge is 2.32. The fourth-order valence-electron chi connectivity index (χ4n) is 3.10. The second kappa shape index (κ2) is 5.59. The predicted octanol–water partition coefficient (Wildman–Crippen LogP) is 1.90. The molecule has 0 saturated carbocycles. The smallest absolute Gasteiger partial charge is 0.272 e. The lowest BCUT2D eigenvalue weighted by Crippen LogP contribution is -2.34. The molecule has 1 N–H and O–H groups in total. The molecule has 0 aromatic carbocycles.